The number of nitrogens with one attached hydrogen (secondary N) is 1. The summed E-state index contributed by atoms with van der Waals surface area (Å²) in [5.41, 5.74) is 0.407. The number of hydrogen-bond acceptors (Lipinski definition) is 3. The molecule has 0 amide bonds. The van der Waals surface area contributed by atoms with Crippen molar-refractivity contribution in [1.82, 2.24) is 0 Å². The van der Waals surface area contributed by atoms with E-state index in [4.69, 9.17) is 21.8 Å². The molecule has 0 saturated heterocycles. The number of rotatable bonds is 3. The molecule has 5 heteroatoms. The van der Waals surface area contributed by atoms with Gasteiger partial charge in [0.25, 0.3) is 0 Å². The van der Waals surface area contributed by atoms with E-state index in [1.807, 2.05) is 0 Å². The summed E-state index contributed by atoms with van der Waals surface area (Å²) in [6, 6.07) is 4.28. The predicted molar refractivity (Wildman–Crippen MR) is 49.2 cm³/mol. The van der Waals surface area contributed by atoms with Gasteiger partial charge in [0, 0.05) is 6.07 Å². The van der Waals surface area contributed by atoms with E-state index in [0.717, 1.165) is 0 Å². The fourth-order valence-electron chi connectivity index (χ4n) is 0.820. The Labute approximate surface area is 79.8 Å². The Balaban J connectivity index is 2.75. The highest BCUT2D eigenvalue weighted by molar-refractivity contribution is 6.33. The maximum atomic E-state index is 10.2. The number of aromatic hydroxyl groups is 1. The van der Waals surface area contributed by atoms with Crippen LogP contribution in [-0.2, 0) is 4.79 Å². The van der Waals surface area contributed by atoms with E-state index in [2.05, 4.69) is 5.32 Å². The lowest BCUT2D eigenvalue weighted by atomic mass is 10.3. The predicted octanol–water partition coefficient (Wildman–Crippen LogP) is 1.54. The molecule has 0 atom stereocenters. The monoisotopic (exact) mass is 201 g/mol. The summed E-state index contributed by atoms with van der Waals surface area (Å²) in [6.45, 7) is -0.233. The van der Waals surface area contributed by atoms with Crippen molar-refractivity contribution in [2.24, 2.45) is 0 Å². The fraction of sp³-hybridized carbons (Fsp3) is 0.125. The maximum Gasteiger partial charge on any atom is 0.322 e. The van der Waals surface area contributed by atoms with Crippen molar-refractivity contribution in [3.8, 4) is 5.75 Å². The molecule has 0 radical (unpaired) electrons. The molecule has 0 saturated carbocycles. The van der Waals surface area contributed by atoms with E-state index >= 15 is 0 Å². The molecule has 1 aromatic rings. The van der Waals surface area contributed by atoms with Crippen molar-refractivity contribution in [2.45, 2.75) is 0 Å². The Morgan fingerprint density at radius 1 is 1.54 bits per heavy atom. The van der Waals surface area contributed by atoms with Gasteiger partial charge in [-0.05, 0) is 12.1 Å². The van der Waals surface area contributed by atoms with Gasteiger partial charge in [-0.15, -0.1) is 0 Å². The van der Waals surface area contributed by atoms with Gasteiger partial charge in [-0.25, -0.2) is 0 Å². The molecule has 0 aliphatic carbocycles. The van der Waals surface area contributed by atoms with Crippen LogP contribution in [0.4, 0.5) is 5.69 Å². The molecule has 13 heavy (non-hydrogen) atoms. The number of anilines is 1. The molecule has 3 N–H and O–H groups in total. The first-order valence-electron chi connectivity index (χ1n) is 3.54. The summed E-state index contributed by atoms with van der Waals surface area (Å²) in [6.07, 6.45) is 0. The van der Waals surface area contributed by atoms with Crippen LogP contribution in [0.15, 0.2) is 18.2 Å². The first kappa shape index (κ1) is 9.67. The van der Waals surface area contributed by atoms with Gasteiger partial charge in [-0.1, -0.05) is 11.6 Å². The molecule has 70 valence electrons. The Morgan fingerprint density at radius 2 is 2.23 bits per heavy atom. The van der Waals surface area contributed by atoms with Gasteiger partial charge < -0.3 is 15.5 Å². The van der Waals surface area contributed by atoms with E-state index in [9.17, 15) is 4.79 Å². The van der Waals surface area contributed by atoms with Crippen LogP contribution in [0.5, 0.6) is 5.75 Å². The number of carboxylic acids is 1. The highest BCUT2D eigenvalue weighted by atomic mass is 35.5. The first-order chi connectivity index (χ1) is 6.09. The Bertz CT molecular complexity index is 327. The van der Waals surface area contributed by atoms with Gasteiger partial charge in [-0.3, -0.25) is 4.79 Å². The number of carbonyl (C=O) groups is 1. The number of aliphatic carboxylic acids is 1. The first-order valence-corrected chi connectivity index (χ1v) is 3.91. The van der Waals surface area contributed by atoms with Crippen molar-refractivity contribution in [1.29, 1.82) is 0 Å². The summed E-state index contributed by atoms with van der Waals surface area (Å²) in [4.78, 5) is 10.2. The van der Waals surface area contributed by atoms with Crippen LogP contribution in [0.3, 0.4) is 0 Å². The lowest BCUT2D eigenvalue weighted by Gasteiger charge is -2.05. The molecule has 1 rings (SSSR count). The second-order valence-electron chi connectivity index (χ2n) is 2.41. The van der Waals surface area contributed by atoms with Crippen LogP contribution in [-0.4, -0.2) is 22.7 Å². The molecular formula is C8H8ClNO3. The van der Waals surface area contributed by atoms with Crippen LogP contribution >= 0.6 is 11.6 Å². The Hall–Kier alpha value is -1.42. The zero-order valence-electron chi connectivity index (χ0n) is 6.62. The number of phenolic OH excluding ortho intramolecular Hbond substituents is 1. The largest absolute Gasteiger partial charge is 0.508 e. The summed E-state index contributed by atoms with van der Waals surface area (Å²) in [5, 5.41) is 20.4. The maximum absolute atomic E-state index is 10.2. The van der Waals surface area contributed by atoms with Gasteiger partial charge in [-0.2, -0.15) is 0 Å². The lowest BCUT2D eigenvalue weighted by Crippen LogP contribution is -2.12. The molecule has 4 nitrogen and oxygen atoms in total. The third kappa shape index (κ3) is 2.83. The SMILES string of the molecule is O=C(O)CNc1cc(O)ccc1Cl. The second-order valence-corrected chi connectivity index (χ2v) is 2.82. The number of benzene rings is 1. The third-order valence-corrected chi connectivity index (χ3v) is 1.71. The van der Waals surface area contributed by atoms with E-state index in [-0.39, 0.29) is 12.3 Å². The molecule has 0 heterocycles. The van der Waals surface area contributed by atoms with Crippen molar-refractivity contribution < 1.29 is 15.0 Å². The molecule has 0 aliphatic heterocycles. The zero-order valence-corrected chi connectivity index (χ0v) is 7.38. The van der Waals surface area contributed by atoms with E-state index in [1.165, 1.54) is 18.2 Å². The van der Waals surface area contributed by atoms with Gasteiger partial charge in [0.15, 0.2) is 0 Å². The normalized spacial score (nSPS) is 9.62. The quantitative estimate of drug-likeness (QED) is 0.694. The molecule has 0 bridgehead atoms. The Kier molecular flexibility index (Phi) is 2.97. The van der Waals surface area contributed by atoms with Crippen LogP contribution in [0, 0.1) is 0 Å². The van der Waals surface area contributed by atoms with Crippen molar-refractivity contribution in [3.05, 3.63) is 23.2 Å². The van der Waals surface area contributed by atoms with Gasteiger partial charge in [0.1, 0.15) is 12.3 Å². The number of hydrogen-bond donors (Lipinski definition) is 3. The minimum Gasteiger partial charge on any atom is -0.508 e. The minimum absolute atomic E-state index is 0.0392. The van der Waals surface area contributed by atoms with Crippen LogP contribution in [0.25, 0.3) is 0 Å². The van der Waals surface area contributed by atoms with Gasteiger partial charge >= 0.3 is 5.97 Å². The second kappa shape index (κ2) is 4.00. The Morgan fingerprint density at radius 3 is 2.85 bits per heavy atom. The summed E-state index contributed by atoms with van der Waals surface area (Å²) in [5.74, 6) is -0.948. The molecule has 0 unspecified atom stereocenters. The van der Waals surface area contributed by atoms with E-state index in [0.29, 0.717) is 10.7 Å². The third-order valence-electron chi connectivity index (χ3n) is 1.38. The topological polar surface area (TPSA) is 69.6 Å². The van der Waals surface area contributed by atoms with Gasteiger partial charge in [0.2, 0.25) is 0 Å². The number of carboxylic acid groups (broad SMARTS) is 1. The average molecular weight is 202 g/mol. The lowest BCUT2D eigenvalue weighted by molar-refractivity contribution is -0.134. The standard InChI is InChI=1S/C8H8ClNO3/c9-6-2-1-5(11)3-7(6)10-4-8(12)13/h1-3,10-11H,4H2,(H,12,13). The van der Waals surface area contributed by atoms with Gasteiger partial charge in [0.05, 0.1) is 10.7 Å². The average Bonchev–Trinajstić information content (AvgIpc) is 2.06. The van der Waals surface area contributed by atoms with Crippen molar-refractivity contribution >= 4 is 23.3 Å². The minimum atomic E-state index is -0.987. The highest BCUT2D eigenvalue weighted by Gasteiger charge is 2.02. The molecule has 0 spiro atoms. The van der Waals surface area contributed by atoms with Crippen LogP contribution < -0.4 is 5.32 Å². The van der Waals surface area contributed by atoms with E-state index in [1.54, 1.807) is 0 Å². The van der Waals surface area contributed by atoms with Crippen molar-refractivity contribution in [2.75, 3.05) is 11.9 Å². The molecule has 1 aromatic carbocycles. The smallest absolute Gasteiger partial charge is 0.322 e. The van der Waals surface area contributed by atoms with Crippen LogP contribution in [0.1, 0.15) is 0 Å². The zero-order chi connectivity index (χ0) is 9.84. The number of halogens is 1. The molecule has 0 fully saturated rings. The molecule has 0 aliphatic rings. The van der Waals surface area contributed by atoms with Crippen LogP contribution in [0.2, 0.25) is 5.02 Å². The van der Waals surface area contributed by atoms with Crippen molar-refractivity contribution in [3.63, 3.8) is 0 Å². The summed E-state index contributed by atoms with van der Waals surface area (Å²) in [7, 11) is 0. The summed E-state index contributed by atoms with van der Waals surface area (Å²) < 4.78 is 0. The van der Waals surface area contributed by atoms with E-state index < -0.39 is 5.97 Å². The molecular weight excluding hydrogens is 194 g/mol. The number of phenols is 1. The fourth-order valence-corrected chi connectivity index (χ4v) is 1.00. The molecule has 0 aromatic heterocycles. The highest BCUT2D eigenvalue weighted by Crippen LogP contribution is 2.25. The summed E-state index contributed by atoms with van der Waals surface area (Å²) >= 11 is 5.71.